The Morgan fingerprint density at radius 2 is 2.04 bits per heavy atom. The molecule has 0 aliphatic heterocycles. The van der Waals surface area contributed by atoms with Gasteiger partial charge in [-0.15, -0.1) is 0 Å². The van der Waals surface area contributed by atoms with Gasteiger partial charge >= 0.3 is 5.88 Å². The van der Waals surface area contributed by atoms with Gasteiger partial charge in [0.15, 0.2) is 5.76 Å². The van der Waals surface area contributed by atoms with Crippen LogP contribution in [0.25, 0.3) is 0 Å². The first-order valence-corrected chi connectivity index (χ1v) is 6.30. The lowest BCUT2D eigenvalue weighted by atomic mass is 10.2. The predicted octanol–water partition coefficient (Wildman–Crippen LogP) is 0.463. The molecule has 0 fully saturated rings. The smallest absolute Gasteiger partial charge is 0.400 e. The average molecular weight is 317 g/mol. The third kappa shape index (κ3) is 4.74. The van der Waals surface area contributed by atoms with Crippen LogP contribution in [-0.2, 0) is 4.79 Å². The Labute approximate surface area is 129 Å². The molecular weight excluding hydrogens is 306 g/mol. The van der Waals surface area contributed by atoms with E-state index in [1.54, 1.807) is 0 Å². The largest absolute Gasteiger partial charge is 0.433 e. The fourth-order valence-corrected chi connectivity index (χ4v) is 1.48. The summed E-state index contributed by atoms with van der Waals surface area (Å²) in [4.78, 5) is 36.7. The van der Waals surface area contributed by atoms with Gasteiger partial charge in [0, 0.05) is 18.0 Å². The van der Waals surface area contributed by atoms with E-state index in [2.05, 4.69) is 20.8 Å². The van der Waals surface area contributed by atoms with Gasteiger partial charge in [0.1, 0.15) is 4.92 Å². The van der Waals surface area contributed by atoms with Crippen molar-refractivity contribution in [2.24, 2.45) is 5.10 Å². The summed E-state index contributed by atoms with van der Waals surface area (Å²) in [6, 6.07) is 5.52. The van der Waals surface area contributed by atoms with Gasteiger partial charge in [0.25, 0.3) is 11.8 Å². The second-order valence-electron chi connectivity index (χ2n) is 4.14. The van der Waals surface area contributed by atoms with Crippen LogP contribution in [0, 0.1) is 10.1 Å². The van der Waals surface area contributed by atoms with Crippen molar-refractivity contribution in [1.29, 1.82) is 0 Å². The van der Waals surface area contributed by atoms with Crippen LogP contribution in [-0.4, -0.2) is 34.5 Å². The lowest BCUT2D eigenvalue weighted by molar-refractivity contribution is -0.402. The summed E-state index contributed by atoms with van der Waals surface area (Å²) in [7, 11) is 0. The summed E-state index contributed by atoms with van der Waals surface area (Å²) in [6.45, 7) is -0.281. The molecule has 2 rings (SSSR count). The van der Waals surface area contributed by atoms with Crippen molar-refractivity contribution in [2.75, 3.05) is 6.54 Å². The second-order valence-corrected chi connectivity index (χ2v) is 4.14. The van der Waals surface area contributed by atoms with Crippen LogP contribution >= 0.6 is 0 Å². The molecule has 2 heterocycles. The van der Waals surface area contributed by atoms with Crippen molar-refractivity contribution in [1.82, 2.24) is 15.7 Å². The molecule has 0 saturated heterocycles. The molecule has 0 saturated carbocycles. The third-order valence-corrected chi connectivity index (χ3v) is 2.53. The zero-order chi connectivity index (χ0) is 16.7. The zero-order valence-corrected chi connectivity index (χ0v) is 11.6. The Morgan fingerprint density at radius 3 is 2.70 bits per heavy atom. The second kappa shape index (κ2) is 7.45. The van der Waals surface area contributed by atoms with Gasteiger partial charge in [0.05, 0.1) is 18.8 Å². The van der Waals surface area contributed by atoms with E-state index < -0.39 is 22.6 Å². The van der Waals surface area contributed by atoms with Gasteiger partial charge in [-0.1, -0.05) is 0 Å². The van der Waals surface area contributed by atoms with Gasteiger partial charge < -0.3 is 9.73 Å². The van der Waals surface area contributed by atoms with E-state index in [1.807, 2.05) is 0 Å². The van der Waals surface area contributed by atoms with E-state index in [0.29, 0.717) is 5.56 Å². The topological polar surface area (TPSA) is 140 Å². The number of carbonyl (C=O) groups is 2. The van der Waals surface area contributed by atoms with Crippen LogP contribution in [0.15, 0.2) is 46.2 Å². The normalized spacial score (nSPS) is 10.4. The monoisotopic (exact) mass is 317 g/mol. The Kier molecular flexibility index (Phi) is 5.12. The van der Waals surface area contributed by atoms with Gasteiger partial charge in [0.2, 0.25) is 0 Å². The minimum Gasteiger partial charge on any atom is -0.400 e. The van der Waals surface area contributed by atoms with E-state index in [0.717, 1.165) is 12.3 Å². The van der Waals surface area contributed by atoms with Crippen LogP contribution in [0.1, 0.15) is 16.1 Å². The van der Waals surface area contributed by atoms with Crippen molar-refractivity contribution in [3.63, 3.8) is 0 Å². The number of nitro groups is 1. The number of hydrazone groups is 1. The summed E-state index contributed by atoms with van der Waals surface area (Å²) in [6.07, 6.45) is 4.03. The highest BCUT2D eigenvalue weighted by molar-refractivity contribution is 5.96. The molecule has 0 unspecified atom stereocenters. The highest BCUT2D eigenvalue weighted by Crippen LogP contribution is 2.13. The number of hydrogen-bond donors (Lipinski definition) is 2. The molecule has 0 aromatic carbocycles. The first-order valence-electron chi connectivity index (χ1n) is 6.30. The summed E-state index contributed by atoms with van der Waals surface area (Å²) in [5, 5.41) is 16.4. The number of rotatable bonds is 6. The lowest BCUT2D eigenvalue weighted by Gasteiger charge is -2.03. The molecule has 0 bridgehead atoms. The fourth-order valence-electron chi connectivity index (χ4n) is 1.48. The number of hydrogen-bond acceptors (Lipinski definition) is 7. The number of furan rings is 1. The molecule has 0 aliphatic carbocycles. The molecule has 10 heteroatoms. The number of aromatic nitrogens is 1. The minimum absolute atomic E-state index is 0.109. The minimum atomic E-state index is -0.690. The van der Waals surface area contributed by atoms with Gasteiger partial charge in [-0.25, -0.2) is 5.43 Å². The first kappa shape index (κ1) is 15.8. The molecule has 23 heavy (non-hydrogen) atoms. The summed E-state index contributed by atoms with van der Waals surface area (Å²) < 4.78 is 4.81. The quantitative estimate of drug-likeness (QED) is 0.450. The van der Waals surface area contributed by atoms with Crippen molar-refractivity contribution in [2.45, 2.75) is 0 Å². The Hall–Kier alpha value is -3.56. The van der Waals surface area contributed by atoms with Crippen LogP contribution in [0.3, 0.4) is 0 Å². The highest BCUT2D eigenvalue weighted by Gasteiger charge is 2.10. The number of carbonyl (C=O) groups excluding carboxylic acids is 2. The Morgan fingerprint density at radius 1 is 1.30 bits per heavy atom. The van der Waals surface area contributed by atoms with E-state index in [4.69, 9.17) is 4.42 Å². The summed E-state index contributed by atoms with van der Waals surface area (Å²) in [5.74, 6) is -1.31. The van der Waals surface area contributed by atoms with Gasteiger partial charge in [-0.2, -0.15) is 5.10 Å². The molecule has 2 aromatic rings. The maximum Gasteiger partial charge on any atom is 0.433 e. The number of pyridine rings is 1. The average Bonchev–Trinajstić information content (AvgIpc) is 3.02. The van der Waals surface area contributed by atoms with Crippen LogP contribution in [0.5, 0.6) is 0 Å². The molecule has 2 amide bonds. The molecule has 118 valence electrons. The van der Waals surface area contributed by atoms with Crippen molar-refractivity contribution < 1.29 is 18.9 Å². The molecular formula is C13H11N5O5. The predicted molar refractivity (Wildman–Crippen MR) is 77.7 cm³/mol. The lowest BCUT2D eigenvalue weighted by Crippen LogP contribution is -2.34. The highest BCUT2D eigenvalue weighted by atomic mass is 16.6. The third-order valence-electron chi connectivity index (χ3n) is 2.53. The zero-order valence-electron chi connectivity index (χ0n) is 11.6. The standard InChI is InChI=1S/C13H11N5O5/c19-11(8-15-13(20)9-3-5-14-6-4-9)17-16-7-10-1-2-12(23-10)18(21)22/h1-7H,8H2,(H,15,20)(H,17,19). The Balaban J connectivity index is 1.77. The molecule has 2 N–H and O–H groups in total. The van der Waals surface area contributed by atoms with Gasteiger partial charge in [-0.05, 0) is 18.2 Å². The van der Waals surface area contributed by atoms with Crippen molar-refractivity contribution in [3.05, 3.63) is 58.1 Å². The maximum atomic E-state index is 11.7. The molecule has 2 aromatic heterocycles. The molecule has 10 nitrogen and oxygen atoms in total. The molecule has 0 atom stereocenters. The van der Waals surface area contributed by atoms with Crippen molar-refractivity contribution in [3.8, 4) is 0 Å². The van der Waals surface area contributed by atoms with Gasteiger partial charge in [-0.3, -0.25) is 24.7 Å². The van der Waals surface area contributed by atoms with E-state index in [9.17, 15) is 19.7 Å². The first-order chi connectivity index (χ1) is 11.1. The Bertz CT molecular complexity index is 740. The maximum absolute atomic E-state index is 11.7. The van der Waals surface area contributed by atoms with Crippen molar-refractivity contribution >= 4 is 23.9 Å². The van der Waals surface area contributed by atoms with E-state index >= 15 is 0 Å². The number of amides is 2. The molecule has 0 aliphatic rings. The molecule has 0 spiro atoms. The summed E-state index contributed by atoms with van der Waals surface area (Å²) in [5.41, 5.74) is 2.52. The van der Waals surface area contributed by atoms with Crippen LogP contribution in [0.4, 0.5) is 5.88 Å². The summed E-state index contributed by atoms with van der Waals surface area (Å²) >= 11 is 0. The molecule has 0 radical (unpaired) electrons. The van der Waals surface area contributed by atoms with Crippen LogP contribution in [0.2, 0.25) is 0 Å². The fraction of sp³-hybridized carbons (Fsp3) is 0.0769. The van der Waals surface area contributed by atoms with Crippen LogP contribution < -0.4 is 10.7 Å². The number of nitrogens with zero attached hydrogens (tertiary/aromatic N) is 3. The van der Waals surface area contributed by atoms with E-state index in [-0.39, 0.29) is 12.3 Å². The number of nitrogens with one attached hydrogen (secondary N) is 2. The SMILES string of the molecule is O=C(CNC(=O)c1ccncc1)NN=Cc1ccc([N+](=O)[O-])o1. The van der Waals surface area contributed by atoms with E-state index in [1.165, 1.54) is 30.6 Å².